The molecule has 11 heteroatoms. The van der Waals surface area contributed by atoms with E-state index >= 15 is 0 Å². The van der Waals surface area contributed by atoms with Crippen LogP contribution in [0.2, 0.25) is 5.02 Å². The molecule has 1 aliphatic heterocycles. The predicted molar refractivity (Wildman–Crippen MR) is 150 cm³/mol. The highest BCUT2D eigenvalue weighted by atomic mass is 35.5. The number of hydrogen-bond acceptors (Lipinski definition) is 6. The van der Waals surface area contributed by atoms with Gasteiger partial charge in [0, 0.05) is 36.9 Å². The Morgan fingerprint density at radius 3 is 2.58 bits per heavy atom. The fourth-order valence-electron chi connectivity index (χ4n) is 4.32. The molecule has 2 aromatic heterocycles. The van der Waals surface area contributed by atoms with Crippen LogP contribution in [0.3, 0.4) is 0 Å². The summed E-state index contributed by atoms with van der Waals surface area (Å²) in [7, 11) is 1.77. The van der Waals surface area contributed by atoms with Gasteiger partial charge in [-0.1, -0.05) is 11.6 Å². The van der Waals surface area contributed by atoms with Crippen LogP contribution < -0.4 is 10.2 Å². The number of benzene rings is 1. The number of halogens is 2. The third-order valence-corrected chi connectivity index (χ3v) is 6.78. The summed E-state index contributed by atoms with van der Waals surface area (Å²) >= 11 is 12.1. The Kier molecular flexibility index (Phi) is 8.18. The number of aryl methyl sites for hydroxylation is 1. The van der Waals surface area contributed by atoms with Gasteiger partial charge in [-0.05, 0) is 70.0 Å². The van der Waals surface area contributed by atoms with Gasteiger partial charge in [0.1, 0.15) is 11.4 Å². The van der Waals surface area contributed by atoms with E-state index in [-0.39, 0.29) is 29.6 Å². The molecule has 0 saturated carbocycles. The molecule has 0 bridgehead atoms. The first-order valence-corrected chi connectivity index (χ1v) is 13.3. The van der Waals surface area contributed by atoms with Gasteiger partial charge in [0.2, 0.25) is 0 Å². The van der Waals surface area contributed by atoms with Crippen molar-refractivity contribution < 1.29 is 14.3 Å². The lowest BCUT2D eigenvalue weighted by molar-refractivity contribution is 0.0237. The number of carbonyl (C=O) groups is 2. The zero-order valence-corrected chi connectivity index (χ0v) is 23.7. The average Bonchev–Trinajstić information content (AvgIpc) is 3.51. The normalized spacial score (nSPS) is 15.4. The molecule has 3 aromatic rings. The molecule has 202 valence electrons. The molecule has 1 fully saturated rings. The Hall–Kier alpha value is -3.30. The minimum absolute atomic E-state index is 0.0233. The second-order valence-corrected chi connectivity index (χ2v) is 11.1. The second kappa shape index (κ2) is 11.2. The number of carbonyl (C=O) groups excluding carboxylic acids is 2. The van der Waals surface area contributed by atoms with Crippen LogP contribution in [0.5, 0.6) is 0 Å². The lowest BCUT2D eigenvalue weighted by Gasteiger charge is -2.29. The van der Waals surface area contributed by atoms with Crippen molar-refractivity contribution in [3.63, 3.8) is 0 Å². The third-order valence-electron chi connectivity index (χ3n) is 6.24. The van der Waals surface area contributed by atoms with Crippen LogP contribution in [-0.2, 0) is 10.6 Å². The zero-order chi connectivity index (χ0) is 27.6. The maximum absolute atomic E-state index is 13.1. The number of amides is 2. The Morgan fingerprint density at radius 1 is 1.24 bits per heavy atom. The fourth-order valence-corrected chi connectivity index (χ4v) is 4.64. The van der Waals surface area contributed by atoms with Crippen molar-refractivity contribution in [3.05, 3.63) is 64.6 Å². The van der Waals surface area contributed by atoms with E-state index in [2.05, 4.69) is 20.3 Å². The molecule has 0 spiro atoms. The summed E-state index contributed by atoms with van der Waals surface area (Å²) in [5.41, 5.74) is 2.54. The minimum atomic E-state index is -0.541. The molecule has 1 aromatic carbocycles. The molecule has 1 atom stereocenters. The van der Waals surface area contributed by atoms with Crippen LogP contribution in [0.1, 0.15) is 48.8 Å². The summed E-state index contributed by atoms with van der Waals surface area (Å²) < 4.78 is 7.11. The first-order chi connectivity index (χ1) is 17.9. The summed E-state index contributed by atoms with van der Waals surface area (Å²) in [6.45, 7) is 8.93. The van der Waals surface area contributed by atoms with Gasteiger partial charge < -0.3 is 19.9 Å². The van der Waals surface area contributed by atoms with Crippen molar-refractivity contribution in [2.75, 3.05) is 30.4 Å². The van der Waals surface area contributed by atoms with Gasteiger partial charge >= 0.3 is 6.09 Å². The molecule has 0 unspecified atom stereocenters. The van der Waals surface area contributed by atoms with Crippen LogP contribution in [-0.4, -0.2) is 63.4 Å². The average molecular weight is 559 g/mol. The van der Waals surface area contributed by atoms with Gasteiger partial charge in [-0.2, -0.15) is 5.10 Å². The molecule has 1 N–H and O–H groups in total. The Bertz CT molecular complexity index is 1320. The quantitative estimate of drug-likeness (QED) is 0.392. The maximum Gasteiger partial charge on any atom is 0.410 e. The molecule has 9 nitrogen and oxygen atoms in total. The van der Waals surface area contributed by atoms with Gasteiger partial charge in [0.05, 0.1) is 29.5 Å². The highest BCUT2D eigenvalue weighted by molar-refractivity contribution is 6.30. The topological polar surface area (TPSA) is 92.6 Å². The number of nitrogens with one attached hydrogen (secondary N) is 1. The summed E-state index contributed by atoms with van der Waals surface area (Å²) in [4.78, 5) is 34.0. The van der Waals surface area contributed by atoms with Crippen LogP contribution in [0.15, 0.2) is 42.7 Å². The number of alkyl halides is 1. The first kappa shape index (κ1) is 27.7. The van der Waals surface area contributed by atoms with Crippen molar-refractivity contribution in [2.45, 2.75) is 51.6 Å². The first-order valence-electron chi connectivity index (χ1n) is 12.3. The molecule has 0 radical (unpaired) electrons. The Balaban J connectivity index is 1.43. The van der Waals surface area contributed by atoms with E-state index in [1.54, 1.807) is 41.2 Å². The number of anilines is 2. The molecule has 2 amide bonds. The van der Waals surface area contributed by atoms with Gasteiger partial charge in [-0.15, -0.1) is 11.6 Å². The number of rotatable bonds is 6. The van der Waals surface area contributed by atoms with E-state index in [1.165, 1.54) is 0 Å². The van der Waals surface area contributed by atoms with Crippen molar-refractivity contribution in [2.24, 2.45) is 0 Å². The smallest absolute Gasteiger partial charge is 0.410 e. The summed E-state index contributed by atoms with van der Waals surface area (Å²) in [5, 5.41) is 7.94. The van der Waals surface area contributed by atoms with Crippen molar-refractivity contribution >= 4 is 46.7 Å². The lowest BCUT2D eigenvalue weighted by atomic mass is 10.2. The molecule has 0 aliphatic carbocycles. The largest absolute Gasteiger partial charge is 0.444 e. The molecule has 38 heavy (non-hydrogen) atoms. The summed E-state index contributed by atoms with van der Waals surface area (Å²) in [6.07, 6.45) is 3.84. The van der Waals surface area contributed by atoms with Crippen molar-refractivity contribution in [1.29, 1.82) is 0 Å². The number of nitrogens with zero attached hydrogens (tertiary/aromatic N) is 5. The van der Waals surface area contributed by atoms with E-state index in [1.807, 2.05) is 45.9 Å². The van der Waals surface area contributed by atoms with Gasteiger partial charge in [-0.25, -0.2) is 14.5 Å². The highest BCUT2D eigenvalue weighted by Gasteiger charge is 2.32. The number of aromatic nitrogens is 3. The number of likely N-dealkylation sites (N-methyl/N-ethyl adjacent to an activating group) is 1. The monoisotopic (exact) mass is 558 g/mol. The van der Waals surface area contributed by atoms with Crippen LogP contribution in [0, 0.1) is 6.92 Å². The minimum Gasteiger partial charge on any atom is -0.444 e. The zero-order valence-electron chi connectivity index (χ0n) is 22.2. The fraction of sp³-hybridized carbons (Fsp3) is 0.407. The number of pyridine rings is 1. The SMILES string of the molecule is Cc1cc(NC(=O)c2nn(-c3ccc(Cl)cc3)cc2CCl)cnc1N1CC[C@H](N(C)C(=O)OC(C)(C)C)C1. The van der Waals surface area contributed by atoms with Gasteiger partial charge in [-0.3, -0.25) is 4.79 Å². The number of hydrogen-bond donors (Lipinski definition) is 1. The van der Waals surface area contributed by atoms with E-state index in [9.17, 15) is 9.59 Å². The van der Waals surface area contributed by atoms with Crippen LogP contribution in [0.4, 0.5) is 16.3 Å². The van der Waals surface area contributed by atoms with Crippen LogP contribution in [0.25, 0.3) is 5.69 Å². The van der Waals surface area contributed by atoms with Gasteiger partial charge in [0.25, 0.3) is 5.91 Å². The Labute approximate surface area is 232 Å². The summed E-state index contributed by atoms with van der Waals surface area (Å²) in [6, 6.07) is 9.04. The number of ether oxygens (including phenoxy) is 1. The molecular formula is C27H32Cl2N6O3. The summed E-state index contributed by atoms with van der Waals surface area (Å²) in [5.74, 6) is 0.583. The van der Waals surface area contributed by atoms with E-state index in [0.29, 0.717) is 22.8 Å². The third kappa shape index (κ3) is 6.39. The van der Waals surface area contributed by atoms with E-state index in [4.69, 9.17) is 27.9 Å². The van der Waals surface area contributed by atoms with E-state index in [0.717, 1.165) is 30.0 Å². The molecule has 1 aliphatic rings. The maximum atomic E-state index is 13.1. The molecule has 1 saturated heterocycles. The second-order valence-electron chi connectivity index (χ2n) is 10.4. The molecular weight excluding hydrogens is 527 g/mol. The van der Waals surface area contributed by atoms with Crippen LogP contribution >= 0.6 is 23.2 Å². The predicted octanol–water partition coefficient (Wildman–Crippen LogP) is 5.67. The van der Waals surface area contributed by atoms with Crippen molar-refractivity contribution in [3.8, 4) is 5.69 Å². The molecule has 4 rings (SSSR count). The van der Waals surface area contributed by atoms with Crippen molar-refractivity contribution in [1.82, 2.24) is 19.7 Å². The highest BCUT2D eigenvalue weighted by Crippen LogP contribution is 2.27. The van der Waals surface area contributed by atoms with E-state index < -0.39 is 5.60 Å². The Morgan fingerprint density at radius 2 is 1.95 bits per heavy atom. The molecule has 3 heterocycles. The lowest BCUT2D eigenvalue weighted by Crippen LogP contribution is -2.42. The van der Waals surface area contributed by atoms with Gasteiger partial charge in [0.15, 0.2) is 5.69 Å². The standard InChI is InChI=1S/C27H32Cl2N6O3/c1-17-12-20(14-30-24(17)34-11-10-22(16-34)33(5)26(37)38-27(2,3)4)31-25(36)23-18(13-28)15-35(32-23)21-8-6-19(29)7-9-21/h6-9,12,14-15,22H,10-11,13,16H2,1-5H3,(H,31,36)/t22-/m0/s1.